The summed E-state index contributed by atoms with van der Waals surface area (Å²) in [4.78, 5) is 17.9. The van der Waals surface area contributed by atoms with Crippen LogP contribution in [0.3, 0.4) is 0 Å². The van der Waals surface area contributed by atoms with Crippen molar-refractivity contribution in [3.8, 4) is 11.3 Å². The molecule has 0 aliphatic heterocycles. The standard InChI is InChI=1S/C10H5Cl2N3O2/c11-7-2-1-6(5-9(7)15(16)17)8-3-4-13-10(12)14-8/h1-5H. The molecule has 7 heteroatoms. The molecular formula is C10H5Cl2N3O2. The van der Waals surface area contributed by atoms with Crippen molar-refractivity contribution in [3.63, 3.8) is 0 Å². The van der Waals surface area contributed by atoms with Crippen LogP contribution in [0.15, 0.2) is 30.5 Å². The third-order valence-corrected chi connectivity index (χ3v) is 2.57. The lowest BCUT2D eigenvalue weighted by Crippen LogP contribution is -1.91. The number of halogens is 2. The van der Waals surface area contributed by atoms with E-state index in [-0.39, 0.29) is 16.0 Å². The predicted octanol–water partition coefficient (Wildman–Crippen LogP) is 3.36. The molecule has 17 heavy (non-hydrogen) atoms. The number of nitro benzene ring substituents is 1. The van der Waals surface area contributed by atoms with Gasteiger partial charge in [-0.3, -0.25) is 10.1 Å². The monoisotopic (exact) mass is 269 g/mol. The van der Waals surface area contributed by atoms with Gasteiger partial charge in [0.25, 0.3) is 5.69 Å². The van der Waals surface area contributed by atoms with Crippen molar-refractivity contribution < 1.29 is 4.92 Å². The summed E-state index contributed by atoms with van der Waals surface area (Å²) in [5, 5.41) is 10.9. The molecule has 0 aliphatic carbocycles. The van der Waals surface area contributed by atoms with Crippen LogP contribution >= 0.6 is 23.2 Å². The number of hydrogen-bond donors (Lipinski definition) is 0. The summed E-state index contributed by atoms with van der Waals surface area (Å²) in [5.41, 5.74) is 0.897. The second-order valence-corrected chi connectivity index (χ2v) is 3.88. The molecule has 86 valence electrons. The molecule has 0 amide bonds. The highest BCUT2D eigenvalue weighted by Gasteiger charge is 2.14. The number of hydrogen-bond acceptors (Lipinski definition) is 4. The Bertz CT molecular complexity index is 590. The van der Waals surface area contributed by atoms with Crippen LogP contribution in [0, 0.1) is 10.1 Å². The average Bonchev–Trinajstić information content (AvgIpc) is 2.29. The van der Waals surface area contributed by atoms with Crippen molar-refractivity contribution >= 4 is 28.9 Å². The molecule has 0 unspecified atom stereocenters. The van der Waals surface area contributed by atoms with Gasteiger partial charge >= 0.3 is 0 Å². The smallest absolute Gasteiger partial charge is 0.258 e. The topological polar surface area (TPSA) is 68.9 Å². The van der Waals surface area contributed by atoms with Crippen molar-refractivity contribution in [2.75, 3.05) is 0 Å². The van der Waals surface area contributed by atoms with Gasteiger partial charge in [-0.15, -0.1) is 0 Å². The van der Waals surface area contributed by atoms with E-state index in [0.29, 0.717) is 11.3 Å². The SMILES string of the molecule is O=[N+]([O-])c1cc(-c2ccnc(Cl)n2)ccc1Cl. The molecule has 0 atom stereocenters. The number of nitrogens with zero attached hydrogens (tertiary/aromatic N) is 3. The fourth-order valence-corrected chi connectivity index (χ4v) is 1.64. The van der Waals surface area contributed by atoms with Crippen molar-refractivity contribution in [3.05, 3.63) is 50.9 Å². The normalized spacial score (nSPS) is 10.2. The summed E-state index contributed by atoms with van der Waals surface area (Å²) in [6.45, 7) is 0. The maximum absolute atomic E-state index is 10.7. The van der Waals surface area contributed by atoms with Gasteiger partial charge in [-0.1, -0.05) is 17.7 Å². The van der Waals surface area contributed by atoms with Gasteiger partial charge < -0.3 is 0 Å². The van der Waals surface area contributed by atoms with Gasteiger partial charge in [-0.2, -0.15) is 0 Å². The fourth-order valence-electron chi connectivity index (χ4n) is 1.31. The number of rotatable bonds is 2. The van der Waals surface area contributed by atoms with Crippen LogP contribution in [0.25, 0.3) is 11.3 Å². The van der Waals surface area contributed by atoms with Crippen molar-refractivity contribution in [1.29, 1.82) is 0 Å². The second kappa shape index (κ2) is 4.65. The van der Waals surface area contributed by atoms with Crippen LogP contribution in [0.1, 0.15) is 0 Å². The molecule has 0 radical (unpaired) electrons. The molecule has 0 bridgehead atoms. The maximum Gasteiger partial charge on any atom is 0.288 e. The van der Waals surface area contributed by atoms with Crippen LogP contribution in [0.4, 0.5) is 5.69 Å². The lowest BCUT2D eigenvalue weighted by Gasteiger charge is -2.01. The molecule has 2 aromatic rings. The molecule has 0 saturated heterocycles. The van der Waals surface area contributed by atoms with E-state index in [2.05, 4.69) is 9.97 Å². The Kier molecular flexibility index (Phi) is 3.21. The average molecular weight is 270 g/mol. The molecule has 1 aromatic heterocycles. The first-order valence-electron chi connectivity index (χ1n) is 4.51. The zero-order chi connectivity index (χ0) is 12.4. The Morgan fingerprint density at radius 2 is 2.00 bits per heavy atom. The molecule has 0 spiro atoms. The summed E-state index contributed by atoms with van der Waals surface area (Å²) in [7, 11) is 0. The number of nitro groups is 1. The Hall–Kier alpha value is -1.72. The predicted molar refractivity (Wildman–Crippen MR) is 64.1 cm³/mol. The molecule has 1 aromatic carbocycles. The summed E-state index contributed by atoms with van der Waals surface area (Å²) in [6, 6.07) is 6.04. The van der Waals surface area contributed by atoms with E-state index in [1.54, 1.807) is 12.1 Å². The van der Waals surface area contributed by atoms with Crippen LogP contribution in [-0.2, 0) is 0 Å². The van der Waals surface area contributed by atoms with Gasteiger partial charge in [-0.25, -0.2) is 9.97 Å². The highest BCUT2D eigenvalue weighted by molar-refractivity contribution is 6.32. The van der Waals surface area contributed by atoms with E-state index < -0.39 is 4.92 Å². The van der Waals surface area contributed by atoms with Gasteiger partial charge in [0.1, 0.15) is 5.02 Å². The molecule has 0 N–H and O–H groups in total. The van der Waals surface area contributed by atoms with Crippen molar-refractivity contribution in [2.24, 2.45) is 0 Å². The minimum Gasteiger partial charge on any atom is -0.258 e. The highest BCUT2D eigenvalue weighted by atomic mass is 35.5. The van der Waals surface area contributed by atoms with Crippen LogP contribution in [0.5, 0.6) is 0 Å². The first kappa shape index (κ1) is 11.8. The highest BCUT2D eigenvalue weighted by Crippen LogP contribution is 2.29. The molecule has 0 fully saturated rings. The van der Waals surface area contributed by atoms with E-state index in [1.807, 2.05) is 0 Å². The molecule has 1 heterocycles. The van der Waals surface area contributed by atoms with Crippen molar-refractivity contribution in [1.82, 2.24) is 9.97 Å². The quantitative estimate of drug-likeness (QED) is 0.476. The van der Waals surface area contributed by atoms with Crippen molar-refractivity contribution in [2.45, 2.75) is 0 Å². The number of benzene rings is 1. The largest absolute Gasteiger partial charge is 0.288 e. The zero-order valence-corrected chi connectivity index (χ0v) is 9.81. The maximum atomic E-state index is 10.7. The summed E-state index contributed by atoms with van der Waals surface area (Å²) in [6.07, 6.45) is 1.48. The zero-order valence-electron chi connectivity index (χ0n) is 8.30. The summed E-state index contributed by atoms with van der Waals surface area (Å²) >= 11 is 11.4. The van der Waals surface area contributed by atoms with E-state index in [4.69, 9.17) is 23.2 Å². The first-order valence-corrected chi connectivity index (χ1v) is 5.26. The molecule has 0 aliphatic rings. The van der Waals surface area contributed by atoms with Gasteiger partial charge in [0.05, 0.1) is 10.6 Å². The Morgan fingerprint density at radius 3 is 2.65 bits per heavy atom. The number of aromatic nitrogens is 2. The molecule has 0 saturated carbocycles. The molecular weight excluding hydrogens is 265 g/mol. The minimum absolute atomic E-state index is 0.0823. The van der Waals surface area contributed by atoms with Gasteiger partial charge in [0, 0.05) is 17.8 Å². The van der Waals surface area contributed by atoms with Gasteiger partial charge in [0.2, 0.25) is 5.28 Å². The van der Waals surface area contributed by atoms with E-state index in [9.17, 15) is 10.1 Å². The lowest BCUT2D eigenvalue weighted by atomic mass is 10.1. The summed E-state index contributed by atoms with van der Waals surface area (Å²) < 4.78 is 0. The molecule has 2 rings (SSSR count). The van der Waals surface area contributed by atoms with Crippen LogP contribution in [-0.4, -0.2) is 14.9 Å². The van der Waals surface area contributed by atoms with E-state index in [1.165, 1.54) is 18.3 Å². The Balaban J connectivity index is 2.54. The molecule has 5 nitrogen and oxygen atoms in total. The second-order valence-electron chi connectivity index (χ2n) is 3.13. The summed E-state index contributed by atoms with van der Waals surface area (Å²) in [5.74, 6) is 0. The van der Waals surface area contributed by atoms with Crippen LogP contribution < -0.4 is 0 Å². The van der Waals surface area contributed by atoms with Gasteiger partial charge in [0.15, 0.2) is 0 Å². The first-order chi connectivity index (χ1) is 8.08. The third kappa shape index (κ3) is 2.51. The fraction of sp³-hybridized carbons (Fsp3) is 0. The van der Waals surface area contributed by atoms with E-state index in [0.717, 1.165) is 0 Å². The van der Waals surface area contributed by atoms with Crippen LogP contribution in [0.2, 0.25) is 10.3 Å². The van der Waals surface area contributed by atoms with E-state index >= 15 is 0 Å². The third-order valence-electron chi connectivity index (χ3n) is 2.06. The lowest BCUT2D eigenvalue weighted by molar-refractivity contribution is -0.384. The Morgan fingerprint density at radius 1 is 1.24 bits per heavy atom. The van der Waals surface area contributed by atoms with Gasteiger partial charge in [-0.05, 0) is 23.7 Å². The Labute approximate surface area is 106 Å². The minimum atomic E-state index is -0.547.